The standard InChI is InChI=1S/C22H14Br2ClNO3S2/c23-17-2-1-3-18(24)16(17)12-31(28,29)15-8-9-20-19(11-15)26-22(27)21(30-20)10-13-4-6-14(25)7-5-13/h1-11H,12H2,(H,26,27)/b21-10+. The molecule has 0 radical (unpaired) electrons. The van der Waals surface area contributed by atoms with E-state index in [1.807, 2.05) is 18.2 Å². The lowest BCUT2D eigenvalue weighted by Gasteiger charge is -2.19. The highest BCUT2D eigenvalue weighted by molar-refractivity contribution is 9.11. The molecule has 31 heavy (non-hydrogen) atoms. The van der Waals surface area contributed by atoms with E-state index in [1.165, 1.54) is 17.8 Å². The Hall–Kier alpha value is -1.58. The first-order chi connectivity index (χ1) is 14.7. The fourth-order valence-electron chi connectivity index (χ4n) is 2.99. The molecule has 0 saturated carbocycles. The minimum atomic E-state index is -3.62. The lowest BCUT2D eigenvalue weighted by molar-refractivity contribution is -0.112. The third-order valence-electron chi connectivity index (χ3n) is 4.57. The molecule has 0 aliphatic carbocycles. The van der Waals surface area contributed by atoms with Gasteiger partial charge in [0.1, 0.15) is 0 Å². The summed E-state index contributed by atoms with van der Waals surface area (Å²) < 4.78 is 27.5. The third-order valence-corrected chi connectivity index (χ3v) is 9.04. The van der Waals surface area contributed by atoms with Gasteiger partial charge in [0.2, 0.25) is 0 Å². The largest absolute Gasteiger partial charge is 0.320 e. The van der Waals surface area contributed by atoms with Crippen LogP contribution < -0.4 is 5.32 Å². The zero-order chi connectivity index (χ0) is 22.2. The number of amides is 1. The molecule has 1 aliphatic rings. The van der Waals surface area contributed by atoms with Gasteiger partial charge in [-0.15, -0.1) is 0 Å². The molecule has 1 heterocycles. The van der Waals surface area contributed by atoms with Gasteiger partial charge >= 0.3 is 0 Å². The van der Waals surface area contributed by atoms with Crippen LogP contribution in [-0.2, 0) is 20.4 Å². The molecule has 1 aliphatic heterocycles. The summed E-state index contributed by atoms with van der Waals surface area (Å²) in [6, 6.07) is 17.4. The minimum absolute atomic E-state index is 0.153. The van der Waals surface area contributed by atoms with E-state index in [0.29, 0.717) is 30.1 Å². The van der Waals surface area contributed by atoms with Crippen LogP contribution in [0.25, 0.3) is 6.08 Å². The van der Waals surface area contributed by atoms with Crippen molar-refractivity contribution < 1.29 is 13.2 Å². The molecule has 0 saturated heterocycles. The Balaban J connectivity index is 1.62. The summed E-state index contributed by atoms with van der Waals surface area (Å²) in [7, 11) is -3.62. The topological polar surface area (TPSA) is 63.2 Å². The molecule has 1 N–H and O–H groups in total. The molecule has 0 spiro atoms. The number of fused-ring (bicyclic) bond motifs is 1. The van der Waals surface area contributed by atoms with Gasteiger partial charge in [-0.3, -0.25) is 4.79 Å². The SMILES string of the molecule is O=C1Nc2cc(S(=O)(=O)Cc3c(Br)cccc3Br)ccc2S/C1=C/c1ccc(Cl)cc1. The average Bonchev–Trinajstić information content (AvgIpc) is 2.72. The van der Waals surface area contributed by atoms with Crippen LogP contribution in [0.3, 0.4) is 0 Å². The second-order valence-electron chi connectivity index (χ2n) is 6.73. The predicted molar refractivity (Wildman–Crippen MR) is 133 cm³/mol. The fraction of sp³-hybridized carbons (Fsp3) is 0.0455. The van der Waals surface area contributed by atoms with Gasteiger partial charge < -0.3 is 5.32 Å². The maximum absolute atomic E-state index is 13.0. The van der Waals surface area contributed by atoms with Crippen molar-refractivity contribution in [2.75, 3.05) is 5.32 Å². The van der Waals surface area contributed by atoms with Crippen molar-refractivity contribution in [2.45, 2.75) is 15.5 Å². The lowest BCUT2D eigenvalue weighted by Crippen LogP contribution is -2.18. The molecule has 3 aromatic rings. The van der Waals surface area contributed by atoms with E-state index in [-0.39, 0.29) is 16.6 Å². The maximum atomic E-state index is 13.0. The van der Waals surface area contributed by atoms with E-state index in [9.17, 15) is 13.2 Å². The van der Waals surface area contributed by atoms with Crippen molar-refractivity contribution in [3.05, 3.63) is 90.7 Å². The summed E-state index contributed by atoms with van der Waals surface area (Å²) in [6.07, 6.45) is 1.77. The van der Waals surface area contributed by atoms with Crippen molar-refractivity contribution in [1.82, 2.24) is 0 Å². The molecule has 4 rings (SSSR count). The van der Waals surface area contributed by atoms with Gasteiger partial charge in [0.05, 0.1) is 21.2 Å². The Bertz CT molecular complexity index is 1300. The summed E-state index contributed by atoms with van der Waals surface area (Å²) in [5.74, 6) is -0.452. The number of sulfone groups is 1. The van der Waals surface area contributed by atoms with Gasteiger partial charge in [-0.1, -0.05) is 73.4 Å². The number of carbonyl (C=O) groups is 1. The van der Waals surface area contributed by atoms with Crippen LogP contribution in [0.15, 0.2) is 84.3 Å². The van der Waals surface area contributed by atoms with Crippen LogP contribution in [-0.4, -0.2) is 14.3 Å². The molecule has 9 heteroatoms. The number of anilines is 1. The van der Waals surface area contributed by atoms with E-state index in [4.69, 9.17) is 11.6 Å². The lowest BCUT2D eigenvalue weighted by atomic mass is 10.2. The van der Waals surface area contributed by atoms with Crippen LogP contribution in [0.4, 0.5) is 5.69 Å². The smallest absolute Gasteiger partial charge is 0.262 e. The Morgan fingerprint density at radius 2 is 1.68 bits per heavy atom. The molecule has 0 fully saturated rings. The van der Waals surface area contributed by atoms with Crippen LogP contribution in [0, 0.1) is 0 Å². The average molecular weight is 600 g/mol. The summed E-state index contributed by atoms with van der Waals surface area (Å²) in [4.78, 5) is 14.0. The van der Waals surface area contributed by atoms with Gasteiger partial charge in [-0.25, -0.2) is 8.42 Å². The normalized spacial score (nSPS) is 14.9. The molecule has 4 nitrogen and oxygen atoms in total. The quantitative estimate of drug-likeness (QED) is 0.331. The van der Waals surface area contributed by atoms with Crippen LogP contribution in [0.1, 0.15) is 11.1 Å². The Kier molecular flexibility index (Phi) is 6.65. The Labute approximate surface area is 206 Å². The van der Waals surface area contributed by atoms with E-state index >= 15 is 0 Å². The molecule has 0 bridgehead atoms. The van der Waals surface area contributed by atoms with E-state index in [0.717, 1.165) is 10.5 Å². The van der Waals surface area contributed by atoms with Crippen molar-refractivity contribution >= 4 is 82.7 Å². The number of hydrogen-bond donors (Lipinski definition) is 1. The van der Waals surface area contributed by atoms with Crippen LogP contribution in [0.2, 0.25) is 5.02 Å². The second kappa shape index (κ2) is 9.11. The molecule has 0 aromatic heterocycles. The van der Waals surface area contributed by atoms with Crippen LogP contribution in [0.5, 0.6) is 0 Å². The second-order valence-corrected chi connectivity index (χ2v) is 12.0. The summed E-state index contributed by atoms with van der Waals surface area (Å²) in [5, 5.41) is 3.43. The molecular weight excluding hydrogens is 586 g/mol. The van der Waals surface area contributed by atoms with Gasteiger partial charge in [0.25, 0.3) is 5.91 Å². The van der Waals surface area contributed by atoms with Crippen molar-refractivity contribution in [3.63, 3.8) is 0 Å². The minimum Gasteiger partial charge on any atom is -0.320 e. The maximum Gasteiger partial charge on any atom is 0.262 e. The summed E-state index contributed by atoms with van der Waals surface area (Å²) in [5.41, 5.74) is 1.98. The zero-order valence-electron chi connectivity index (χ0n) is 15.7. The van der Waals surface area contributed by atoms with Crippen molar-refractivity contribution in [1.29, 1.82) is 0 Å². The zero-order valence-corrected chi connectivity index (χ0v) is 21.3. The molecule has 158 valence electrons. The van der Waals surface area contributed by atoms with E-state index in [2.05, 4.69) is 37.2 Å². The number of carbonyl (C=O) groups excluding carboxylic acids is 1. The summed E-state index contributed by atoms with van der Waals surface area (Å²) in [6.45, 7) is 0. The molecule has 0 unspecified atom stereocenters. The van der Waals surface area contributed by atoms with Gasteiger partial charge in [-0.2, -0.15) is 0 Å². The first-order valence-electron chi connectivity index (χ1n) is 8.99. The first-order valence-corrected chi connectivity index (χ1v) is 13.4. The van der Waals surface area contributed by atoms with Crippen molar-refractivity contribution in [3.8, 4) is 0 Å². The van der Waals surface area contributed by atoms with Gasteiger partial charge in [0, 0.05) is 18.9 Å². The highest BCUT2D eigenvalue weighted by atomic mass is 79.9. The monoisotopic (exact) mass is 597 g/mol. The van der Waals surface area contributed by atoms with Gasteiger partial charge in [-0.05, 0) is 59.7 Å². The van der Waals surface area contributed by atoms with Gasteiger partial charge in [0.15, 0.2) is 9.84 Å². The molecule has 1 amide bonds. The number of halogens is 3. The fourth-order valence-corrected chi connectivity index (χ4v) is 7.13. The van der Waals surface area contributed by atoms with Crippen LogP contribution >= 0.6 is 55.2 Å². The van der Waals surface area contributed by atoms with E-state index < -0.39 is 9.84 Å². The number of rotatable bonds is 4. The Morgan fingerprint density at radius 1 is 1.00 bits per heavy atom. The number of hydrogen-bond acceptors (Lipinski definition) is 4. The summed E-state index contributed by atoms with van der Waals surface area (Å²) >= 11 is 14.0. The predicted octanol–water partition coefficient (Wildman–Crippen LogP) is 6.92. The molecular formula is C22H14Br2ClNO3S2. The third kappa shape index (κ3) is 5.09. The van der Waals surface area contributed by atoms with Crippen molar-refractivity contribution in [2.24, 2.45) is 0 Å². The molecule has 0 atom stereocenters. The number of benzene rings is 3. The highest BCUT2D eigenvalue weighted by Gasteiger charge is 2.25. The number of thioether (sulfide) groups is 1. The Morgan fingerprint density at radius 3 is 2.35 bits per heavy atom. The first kappa shape index (κ1) is 22.6. The molecule has 3 aromatic carbocycles. The highest BCUT2D eigenvalue weighted by Crippen LogP contribution is 2.40. The number of nitrogens with one attached hydrogen (secondary N) is 1. The van der Waals surface area contributed by atoms with E-state index in [1.54, 1.807) is 42.5 Å².